The van der Waals surface area contributed by atoms with Crippen LogP contribution in [0.2, 0.25) is 0 Å². The molecule has 1 N–H and O–H groups in total. The highest BCUT2D eigenvalue weighted by Gasteiger charge is 2.21. The Kier molecular flexibility index (Phi) is 2.37. The zero-order valence-electron chi connectivity index (χ0n) is 7.06. The van der Waals surface area contributed by atoms with Gasteiger partial charge in [-0.3, -0.25) is 9.48 Å². The molecule has 0 saturated heterocycles. The number of fused-ring (bicyclic) bond motifs is 1. The van der Waals surface area contributed by atoms with Gasteiger partial charge < -0.3 is 5.11 Å². The molecule has 70 valence electrons. The normalized spacial score (nSPS) is 15.9. The van der Waals surface area contributed by atoms with Crippen LogP contribution in [0.3, 0.4) is 0 Å². The first-order valence-corrected chi connectivity index (χ1v) is 5.25. The Morgan fingerprint density at radius 3 is 3.23 bits per heavy atom. The summed E-state index contributed by atoms with van der Waals surface area (Å²) >= 11 is 1.60. The highest BCUT2D eigenvalue weighted by Crippen LogP contribution is 2.23. The van der Waals surface area contributed by atoms with Crippen LogP contribution in [0.1, 0.15) is 16.1 Å². The molecule has 4 nitrogen and oxygen atoms in total. The number of hydrogen-bond donors (Lipinski definition) is 1. The number of aliphatic hydroxyl groups is 1. The summed E-state index contributed by atoms with van der Waals surface area (Å²) in [5.74, 6) is 1.52. The van der Waals surface area contributed by atoms with E-state index in [0.29, 0.717) is 12.3 Å². The first-order valence-electron chi connectivity index (χ1n) is 4.09. The van der Waals surface area contributed by atoms with Crippen molar-refractivity contribution in [1.29, 1.82) is 0 Å². The summed E-state index contributed by atoms with van der Waals surface area (Å²) in [5, 5.41) is 12.8. The Bertz CT molecular complexity index is 335. The van der Waals surface area contributed by atoms with E-state index in [1.165, 1.54) is 0 Å². The van der Waals surface area contributed by atoms with Gasteiger partial charge in [-0.25, -0.2) is 0 Å². The van der Waals surface area contributed by atoms with Gasteiger partial charge in [-0.05, 0) is 0 Å². The Morgan fingerprint density at radius 2 is 2.46 bits per heavy atom. The van der Waals surface area contributed by atoms with E-state index in [2.05, 4.69) is 5.10 Å². The van der Waals surface area contributed by atoms with Gasteiger partial charge >= 0.3 is 0 Å². The molecule has 0 fully saturated rings. The lowest BCUT2D eigenvalue weighted by molar-refractivity contribution is 0.102. The fourth-order valence-electron chi connectivity index (χ4n) is 1.40. The van der Waals surface area contributed by atoms with Gasteiger partial charge in [-0.1, -0.05) is 0 Å². The fourth-order valence-corrected chi connectivity index (χ4v) is 2.34. The lowest BCUT2D eigenvalue weighted by Crippen LogP contribution is -2.15. The van der Waals surface area contributed by atoms with Gasteiger partial charge in [0, 0.05) is 5.75 Å². The third-order valence-corrected chi connectivity index (χ3v) is 2.98. The molecule has 0 unspecified atom stereocenters. The van der Waals surface area contributed by atoms with E-state index in [0.717, 1.165) is 17.0 Å². The second kappa shape index (κ2) is 3.51. The number of nitrogens with zero attached hydrogens (tertiary/aromatic N) is 2. The molecule has 1 aliphatic rings. The molecule has 5 heteroatoms. The molecule has 2 rings (SSSR count). The first-order chi connectivity index (χ1) is 6.33. The number of ketones is 1. The van der Waals surface area contributed by atoms with Crippen LogP contribution in [0.5, 0.6) is 0 Å². The van der Waals surface area contributed by atoms with Gasteiger partial charge in [-0.2, -0.15) is 5.10 Å². The average molecular weight is 198 g/mol. The summed E-state index contributed by atoms with van der Waals surface area (Å²) in [6, 6.07) is 0. The van der Waals surface area contributed by atoms with Gasteiger partial charge in [0.15, 0.2) is 5.78 Å². The number of aromatic nitrogens is 2. The van der Waals surface area contributed by atoms with Crippen LogP contribution in [0.25, 0.3) is 0 Å². The summed E-state index contributed by atoms with van der Waals surface area (Å²) in [5.41, 5.74) is 1.68. The molecule has 1 aromatic heterocycles. The molecule has 2 heterocycles. The molecule has 0 atom stereocenters. The molecular weight excluding hydrogens is 188 g/mol. The monoisotopic (exact) mass is 198 g/mol. The molecule has 0 aliphatic carbocycles. The zero-order chi connectivity index (χ0) is 9.26. The van der Waals surface area contributed by atoms with E-state index in [1.807, 2.05) is 0 Å². The molecule has 0 aromatic carbocycles. The standard InChI is InChI=1S/C8H10N2O2S/c11-2-1-10-7-4-13-5-8(12)6(7)3-9-10/h3,11H,1-2,4-5H2. The summed E-state index contributed by atoms with van der Waals surface area (Å²) < 4.78 is 1.71. The first kappa shape index (κ1) is 8.77. The number of Topliss-reactive ketones (excluding diaryl/α,β-unsaturated/α-hetero) is 1. The van der Waals surface area contributed by atoms with E-state index >= 15 is 0 Å². The Morgan fingerprint density at radius 1 is 1.62 bits per heavy atom. The molecule has 0 amide bonds. The van der Waals surface area contributed by atoms with E-state index < -0.39 is 0 Å². The number of hydrogen-bond acceptors (Lipinski definition) is 4. The predicted molar refractivity (Wildman–Crippen MR) is 49.8 cm³/mol. The van der Waals surface area contributed by atoms with Crippen LogP contribution in [0.4, 0.5) is 0 Å². The summed E-state index contributed by atoms with van der Waals surface area (Å²) in [4.78, 5) is 11.4. The van der Waals surface area contributed by atoms with Gasteiger partial charge in [0.05, 0.1) is 36.4 Å². The van der Waals surface area contributed by atoms with Gasteiger partial charge in [0.1, 0.15) is 0 Å². The maximum absolute atomic E-state index is 11.4. The van der Waals surface area contributed by atoms with E-state index in [9.17, 15) is 4.79 Å². The molecule has 1 aliphatic heterocycles. The summed E-state index contributed by atoms with van der Waals surface area (Å²) in [6.07, 6.45) is 1.60. The van der Waals surface area contributed by atoms with E-state index in [1.54, 1.807) is 22.6 Å². The van der Waals surface area contributed by atoms with E-state index in [-0.39, 0.29) is 12.4 Å². The number of carbonyl (C=O) groups is 1. The van der Waals surface area contributed by atoms with Crippen LogP contribution in [0, 0.1) is 0 Å². The van der Waals surface area contributed by atoms with Crippen molar-refractivity contribution in [2.75, 3.05) is 12.4 Å². The van der Waals surface area contributed by atoms with Crippen molar-refractivity contribution in [3.05, 3.63) is 17.5 Å². The highest BCUT2D eigenvalue weighted by molar-refractivity contribution is 7.99. The molecule has 0 bridgehead atoms. The second-order valence-corrected chi connectivity index (χ2v) is 3.85. The quantitative estimate of drug-likeness (QED) is 0.743. The van der Waals surface area contributed by atoms with Crippen molar-refractivity contribution >= 4 is 17.5 Å². The average Bonchev–Trinajstić information content (AvgIpc) is 2.51. The highest BCUT2D eigenvalue weighted by atomic mass is 32.2. The van der Waals surface area contributed by atoms with Crippen LogP contribution >= 0.6 is 11.8 Å². The van der Waals surface area contributed by atoms with Crippen LogP contribution < -0.4 is 0 Å². The minimum Gasteiger partial charge on any atom is -0.394 e. The second-order valence-electron chi connectivity index (χ2n) is 2.87. The van der Waals surface area contributed by atoms with Crippen LogP contribution in [-0.4, -0.2) is 33.0 Å². The number of rotatable bonds is 2. The van der Waals surface area contributed by atoms with Crippen molar-refractivity contribution in [2.24, 2.45) is 0 Å². The van der Waals surface area contributed by atoms with Gasteiger partial charge in [-0.15, -0.1) is 11.8 Å². The summed E-state index contributed by atoms with van der Waals surface area (Å²) in [7, 11) is 0. The zero-order valence-corrected chi connectivity index (χ0v) is 7.88. The van der Waals surface area contributed by atoms with Gasteiger partial charge in [0.25, 0.3) is 0 Å². The maximum atomic E-state index is 11.4. The smallest absolute Gasteiger partial charge is 0.176 e. The predicted octanol–water partition coefficient (Wildman–Crippen LogP) is 0.305. The molecule has 0 saturated carbocycles. The largest absolute Gasteiger partial charge is 0.394 e. The third-order valence-electron chi connectivity index (χ3n) is 2.03. The minimum absolute atomic E-state index is 0.0625. The lowest BCUT2D eigenvalue weighted by atomic mass is 10.2. The fraction of sp³-hybridized carbons (Fsp3) is 0.500. The van der Waals surface area contributed by atoms with Crippen molar-refractivity contribution < 1.29 is 9.90 Å². The summed E-state index contributed by atoms with van der Waals surface area (Å²) in [6.45, 7) is 0.538. The van der Waals surface area contributed by atoms with Crippen molar-refractivity contribution in [2.45, 2.75) is 12.3 Å². The van der Waals surface area contributed by atoms with Gasteiger partial charge in [0.2, 0.25) is 0 Å². The minimum atomic E-state index is 0.0625. The number of carbonyl (C=O) groups excluding carboxylic acids is 1. The molecule has 0 spiro atoms. The molecule has 1 aromatic rings. The maximum Gasteiger partial charge on any atom is 0.176 e. The lowest BCUT2D eigenvalue weighted by Gasteiger charge is -2.11. The topological polar surface area (TPSA) is 55.1 Å². The molecule has 13 heavy (non-hydrogen) atoms. The third kappa shape index (κ3) is 1.49. The molecule has 0 radical (unpaired) electrons. The van der Waals surface area contributed by atoms with Crippen molar-refractivity contribution in [3.8, 4) is 0 Å². The Labute approximate surface area is 79.9 Å². The van der Waals surface area contributed by atoms with Crippen LogP contribution in [-0.2, 0) is 12.3 Å². The Hall–Kier alpha value is -0.810. The SMILES string of the molecule is O=C1CSCc2c1cnn2CCO. The number of thioether (sulfide) groups is 1. The number of aliphatic hydroxyl groups excluding tert-OH is 1. The van der Waals surface area contributed by atoms with Crippen LogP contribution in [0.15, 0.2) is 6.20 Å². The van der Waals surface area contributed by atoms with Crippen molar-refractivity contribution in [3.63, 3.8) is 0 Å². The Balaban J connectivity index is 2.36. The van der Waals surface area contributed by atoms with Crippen molar-refractivity contribution in [1.82, 2.24) is 9.78 Å². The molecular formula is C8H10N2O2S. The van der Waals surface area contributed by atoms with E-state index in [4.69, 9.17) is 5.11 Å².